The molecule has 4 rings (SSSR count). The molecule has 0 unspecified atom stereocenters. The van der Waals surface area contributed by atoms with Crippen LogP contribution in [0.2, 0.25) is 0 Å². The molecule has 0 radical (unpaired) electrons. The average Bonchev–Trinajstić information content (AvgIpc) is 3.30. The van der Waals surface area contributed by atoms with Crippen molar-refractivity contribution in [2.75, 3.05) is 13.2 Å². The lowest BCUT2D eigenvalue weighted by molar-refractivity contribution is -0.396. The zero-order valence-corrected chi connectivity index (χ0v) is 41.6. The van der Waals surface area contributed by atoms with Crippen LogP contribution >= 0.6 is 0 Å². The van der Waals surface area contributed by atoms with Gasteiger partial charge in [-0.1, -0.05) is 72.1 Å². The second-order valence-corrected chi connectivity index (χ2v) is 19.6. The van der Waals surface area contributed by atoms with Crippen molar-refractivity contribution in [3.8, 4) is 0 Å². The Kier molecular flexibility index (Phi) is 25.6. The van der Waals surface area contributed by atoms with Crippen molar-refractivity contribution < 1.29 is 118 Å². The van der Waals surface area contributed by atoms with Gasteiger partial charge in [0.05, 0.1) is 44.1 Å². The van der Waals surface area contributed by atoms with E-state index in [1.54, 1.807) is 13.8 Å². The van der Waals surface area contributed by atoms with Gasteiger partial charge in [-0.2, -0.15) is 0 Å². The van der Waals surface area contributed by atoms with Crippen LogP contribution in [0.4, 0.5) is 0 Å². The van der Waals surface area contributed by atoms with Crippen LogP contribution in [-0.2, 0) is 61.8 Å². The molecule has 0 amide bonds. The Labute approximate surface area is 414 Å². The second kappa shape index (κ2) is 29.7. The topological polar surface area (TPSA) is 366 Å². The third-order valence-corrected chi connectivity index (χ3v) is 13.1. The summed E-state index contributed by atoms with van der Waals surface area (Å²) in [5.41, 5.74) is 0. The summed E-state index contributed by atoms with van der Waals surface area (Å²) >= 11 is 0. The fourth-order valence-electron chi connectivity index (χ4n) is 9.08. The molecule has 414 valence electrons. The highest BCUT2D eigenvalue weighted by atomic mass is 16.8. The van der Waals surface area contributed by atoms with Crippen molar-refractivity contribution in [1.29, 1.82) is 0 Å². The lowest BCUT2D eigenvalue weighted by atomic mass is 9.96. The minimum atomic E-state index is -1.94. The van der Waals surface area contributed by atoms with Gasteiger partial charge in [0.1, 0.15) is 73.2 Å². The monoisotopic (exact) mass is 1030 g/mol. The third kappa shape index (κ3) is 17.9. The van der Waals surface area contributed by atoms with E-state index in [0.717, 1.165) is 39.0 Å². The highest BCUT2D eigenvalue weighted by molar-refractivity contribution is 5.70. The molecule has 24 heteroatoms. The number of hydrogen-bond acceptors (Lipinski definition) is 23. The van der Waals surface area contributed by atoms with Gasteiger partial charge in [0.2, 0.25) is 0 Å². The Hall–Kier alpha value is -2.31. The number of hydrogen-bond donors (Lipinski definition) is 11. The molecule has 4 fully saturated rings. The van der Waals surface area contributed by atoms with Crippen molar-refractivity contribution in [3.05, 3.63) is 0 Å². The van der Waals surface area contributed by atoms with Gasteiger partial charge in [-0.3, -0.25) is 14.4 Å². The maximum atomic E-state index is 12.5. The zero-order chi connectivity index (χ0) is 52.7. The van der Waals surface area contributed by atoms with Gasteiger partial charge in [0.25, 0.3) is 0 Å². The fourth-order valence-corrected chi connectivity index (χ4v) is 9.08. The molecule has 4 aliphatic rings. The molecule has 4 saturated heterocycles. The Morgan fingerprint density at radius 2 is 1.06 bits per heavy atom. The van der Waals surface area contributed by atoms with Crippen molar-refractivity contribution >= 4 is 17.9 Å². The minimum Gasteiger partial charge on any atom is -0.481 e. The molecule has 0 bridgehead atoms. The molecule has 24 nitrogen and oxygen atoms in total. The summed E-state index contributed by atoms with van der Waals surface area (Å²) < 4.78 is 59.0. The highest BCUT2D eigenvalue weighted by Crippen LogP contribution is 2.35. The first-order chi connectivity index (χ1) is 33.6. The second-order valence-electron chi connectivity index (χ2n) is 19.6. The quantitative estimate of drug-likeness (QED) is 0.0331. The molecule has 4 heterocycles. The highest BCUT2D eigenvalue weighted by Gasteiger charge is 2.55. The average molecular weight is 1030 g/mol. The molecule has 0 aliphatic carbocycles. The normalized spacial score (nSPS) is 38.7. The van der Waals surface area contributed by atoms with E-state index in [9.17, 15) is 65.4 Å². The van der Waals surface area contributed by atoms with E-state index in [-0.39, 0.29) is 18.8 Å². The van der Waals surface area contributed by atoms with E-state index in [0.29, 0.717) is 38.5 Å². The van der Waals surface area contributed by atoms with Crippen LogP contribution in [-0.4, -0.2) is 222 Å². The Morgan fingerprint density at radius 3 is 1.63 bits per heavy atom. The van der Waals surface area contributed by atoms with Gasteiger partial charge >= 0.3 is 17.9 Å². The zero-order valence-electron chi connectivity index (χ0n) is 41.6. The van der Waals surface area contributed by atoms with Gasteiger partial charge in [-0.25, -0.2) is 0 Å². The number of rotatable bonds is 28. The van der Waals surface area contributed by atoms with Crippen molar-refractivity contribution in [2.45, 2.75) is 260 Å². The Bertz CT molecular complexity index is 1580. The van der Waals surface area contributed by atoms with E-state index >= 15 is 0 Å². The first-order valence-corrected chi connectivity index (χ1v) is 25.1. The summed E-state index contributed by atoms with van der Waals surface area (Å²) in [6.45, 7) is 8.24. The molecule has 0 spiro atoms. The summed E-state index contributed by atoms with van der Waals surface area (Å²) in [7, 11) is 0. The summed E-state index contributed by atoms with van der Waals surface area (Å²) in [6, 6.07) is 0. The summed E-state index contributed by atoms with van der Waals surface area (Å²) in [6.07, 6.45) is -26.3. The maximum Gasteiger partial charge on any atom is 0.306 e. The summed E-state index contributed by atoms with van der Waals surface area (Å²) in [4.78, 5) is 35.0. The van der Waals surface area contributed by atoms with Crippen LogP contribution < -0.4 is 0 Å². The van der Waals surface area contributed by atoms with E-state index < -0.39 is 166 Å². The van der Waals surface area contributed by atoms with E-state index in [1.807, 2.05) is 6.92 Å². The molecule has 0 aromatic carbocycles. The molecule has 4 aliphatic heterocycles. The predicted octanol–water partition coefficient (Wildman–Crippen LogP) is -0.986. The lowest BCUT2D eigenvalue weighted by Gasteiger charge is -2.49. The molecule has 0 saturated carbocycles. The Morgan fingerprint density at radius 1 is 0.563 bits per heavy atom. The number of aliphatic hydroxyl groups is 10. The van der Waals surface area contributed by atoms with Gasteiger partial charge in [-0.05, 0) is 39.0 Å². The van der Waals surface area contributed by atoms with Crippen LogP contribution in [0.25, 0.3) is 0 Å². The van der Waals surface area contributed by atoms with Crippen molar-refractivity contribution in [3.63, 3.8) is 0 Å². The molecular formula is C47H82O24. The number of carboxylic acid groups (broad SMARTS) is 1. The van der Waals surface area contributed by atoms with E-state index in [1.165, 1.54) is 13.8 Å². The number of esters is 2. The van der Waals surface area contributed by atoms with Gasteiger partial charge in [0.15, 0.2) is 37.4 Å². The molecule has 22 atom stereocenters. The van der Waals surface area contributed by atoms with E-state index in [4.69, 9.17) is 52.5 Å². The number of ether oxygens (including phenoxy) is 10. The fraction of sp³-hybridized carbons (Fsp3) is 0.936. The molecule has 11 N–H and O–H groups in total. The summed E-state index contributed by atoms with van der Waals surface area (Å²) in [5, 5.41) is 119. The predicted molar refractivity (Wildman–Crippen MR) is 241 cm³/mol. The van der Waals surface area contributed by atoms with E-state index in [2.05, 4.69) is 0 Å². The number of carbonyl (C=O) groups is 3. The lowest BCUT2D eigenvalue weighted by Crippen LogP contribution is -2.67. The number of aliphatic carboxylic acids is 1. The van der Waals surface area contributed by atoms with Crippen LogP contribution in [0.3, 0.4) is 0 Å². The van der Waals surface area contributed by atoms with Gasteiger partial charge in [0, 0.05) is 13.3 Å². The number of unbranched alkanes of at least 4 members (excludes halogenated alkanes) is 6. The third-order valence-electron chi connectivity index (χ3n) is 13.1. The largest absolute Gasteiger partial charge is 0.481 e. The molecule has 71 heavy (non-hydrogen) atoms. The smallest absolute Gasteiger partial charge is 0.306 e. The first kappa shape index (κ1) is 61.2. The number of aliphatic hydroxyl groups excluding tert-OH is 10. The molecular weight excluding hydrogens is 948 g/mol. The SMILES string of the molecule is CCCC[C@@H](CCCCCCCC[C@H](O)CC(=O)O)O[C@@H]1O[C@H](CO[C@@H]2O[C@@H](C)[C@H](OC(C)=O)[C@@H](O)[C@H]2O)[C@@H](O)[C@H](O)[C@H]1O[C@@H]1O[C@H](CO)[C@@H](O)[C@H](O)[C@H]1O[C@@H]1O[C@@H](C)[C@H](OC(=O)CC(C)C)[C@@H](O)[C@H]1O. The van der Waals surface area contributed by atoms with Gasteiger partial charge < -0.3 is 104 Å². The van der Waals surface area contributed by atoms with Crippen molar-refractivity contribution in [2.24, 2.45) is 5.92 Å². The minimum absolute atomic E-state index is 0.0254. The Balaban J connectivity index is 1.56. The van der Waals surface area contributed by atoms with Crippen LogP contribution in [0.15, 0.2) is 0 Å². The summed E-state index contributed by atoms with van der Waals surface area (Å²) in [5.74, 6) is -2.49. The van der Waals surface area contributed by atoms with Gasteiger partial charge in [-0.15, -0.1) is 0 Å². The first-order valence-electron chi connectivity index (χ1n) is 25.1. The number of carbonyl (C=O) groups excluding carboxylic acids is 2. The standard InChI is InChI=1S/C47H82O24/c1-7-8-16-27(17-14-12-10-9-11-13-15-26(50)19-30(51)52)66-46-42(35(57)33(55)29(68-46)21-62-44-38(60)36(58)40(23(4)63-44)65-25(6)49)71-47-43(34(56)32(54)28(20-48)67-47)70-45-39(61)37(59)41(24(5)64-45)69-31(53)18-22(2)3/h22-24,26-29,32-48,50,54-61H,7-21H2,1-6H3,(H,51,52)/t23-,24-,26-,27-,28+,29+,32+,33+,34-,35-,36-,37-,38+,39+,40-,41-,42+,43+,44+,45-,46+,47-/m0/s1. The molecule has 0 aromatic heterocycles. The molecule has 0 aromatic rings. The maximum absolute atomic E-state index is 12.5. The van der Waals surface area contributed by atoms with Crippen LogP contribution in [0.5, 0.6) is 0 Å². The van der Waals surface area contributed by atoms with Crippen molar-refractivity contribution in [1.82, 2.24) is 0 Å². The van der Waals surface area contributed by atoms with Crippen LogP contribution in [0.1, 0.15) is 125 Å². The number of carboxylic acids is 1. The van der Waals surface area contributed by atoms with Crippen LogP contribution in [0, 0.1) is 5.92 Å².